The van der Waals surface area contributed by atoms with Crippen LogP contribution < -0.4 is 10.1 Å². The van der Waals surface area contributed by atoms with Gasteiger partial charge in [-0.3, -0.25) is 0 Å². The maximum Gasteiger partial charge on any atom is 0.230 e. The van der Waals surface area contributed by atoms with Crippen LogP contribution in [-0.4, -0.2) is 29.8 Å². The molecule has 1 unspecified atom stereocenters. The zero-order valence-electron chi connectivity index (χ0n) is 14.6. The summed E-state index contributed by atoms with van der Waals surface area (Å²) in [5.74, 6) is 2.19. The van der Waals surface area contributed by atoms with Gasteiger partial charge in [0.25, 0.3) is 0 Å². The highest BCUT2D eigenvalue weighted by atomic mass is 16.5. The number of likely N-dealkylation sites (N-methyl/N-ethyl adjacent to an activating group) is 1. The number of nitrogens with zero attached hydrogens (tertiary/aromatic N) is 2. The van der Waals surface area contributed by atoms with Crippen LogP contribution in [0.25, 0.3) is 11.1 Å². The Bertz CT molecular complexity index is 786. The van der Waals surface area contributed by atoms with E-state index in [9.17, 15) is 0 Å². The Morgan fingerprint density at radius 2 is 1.84 bits per heavy atom. The number of hydrogen-bond acceptors (Lipinski definition) is 5. The van der Waals surface area contributed by atoms with Gasteiger partial charge in [-0.2, -0.15) is 4.98 Å². The lowest BCUT2D eigenvalue weighted by atomic mass is 10.1. The lowest BCUT2D eigenvalue weighted by molar-refractivity contribution is 0.292. The first-order chi connectivity index (χ1) is 12.3. The van der Waals surface area contributed by atoms with E-state index in [2.05, 4.69) is 40.6 Å². The Morgan fingerprint density at radius 3 is 2.64 bits per heavy atom. The summed E-state index contributed by atoms with van der Waals surface area (Å²) < 4.78 is 11.3. The fraction of sp³-hybridized carbons (Fsp3) is 0.300. The Kier molecular flexibility index (Phi) is 5.80. The zero-order valence-corrected chi connectivity index (χ0v) is 14.6. The van der Waals surface area contributed by atoms with E-state index in [0.717, 1.165) is 29.1 Å². The predicted octanol–water partition coefficient (Wildman–Crippen LogP) is 3.51. The molecule has 0 amide bonds. The van der Waals surface area contributed by atoms with Gasteiger partial charge in [0, 0.05) is 18.0 Å². The minimum absolute atomic E-state index is 0.319. The van der Waals surface area contributed by atoms with Gasteiger partial charge in [-0.1, -0.05) is 53.7 Å². The van der Waals surface area contributed by atoms with Gasteiger partial charge in [0.15, 0.2) is 5.82 Å². The van der Waals surface area contributed by atoms with Crippen LogP contribution in [0.4, 0.5) is 0 Å². The molecular formula is C20H23N3O2. The Balaban J connectivity index is 1.60. The number of ether oxygens (including phenoxy) is 1. The van der Waals surface area contributed by atoms with E-state index in [1.165, 1.54) is 0 Å². The molecule has 2 aromatic carbocycles. The number of para-hydroxylation sites is 1. The monoisotopic (exact) mass is 337 g/mol. The van der Waals surface area contributed by atoms with Crippen LogP contribution in [0.2, 0.25) is 0 Å². The van der Waals surface area contributed by atoms with Crippen LogP contribution in [0.1, 0.15) is 18.6 Å². The van der Waals surface area contributed by atoms with Crippen LogP contribution >= 0.6 is 0 Å². The molecule has 0 radical (unpaired) electrons. The zero-order chi connectivity index (χ0) is 17.5. The van der Waals surface area contributed by atoms with Crippen molar-refractivity contribution in [1.29, 1.82) is 0 Å². The second-order valence-electron chi connectivity index (χ2n) is 5.96. The van der Waals surface area contributed by atoms with E-state index in [1.54, 1.807) is 0 Å². The fourth-order valence-electron chi connectivity index (χ4n) is 2.55. The Labute approximate surface area is 148 Å². The van der Waals surface area contributed by atoms with Gasteiger partial charge in [0.2, 0.25) is 5.89 Å². The second-order valence-corrected chi connectivity index (χ2v) is 5.96. The summed E-state index contributed by atoms with van der Waals surface area (Å²) in [6.45, 7) is 2.58. The summed E-state index contributed by atoms with van der Waals surface area (Å²) in [5.41, 5.74) is 2.22. The average Bonchev–Trinajstić information content (AvgIpc) is 3.10. The minimum atomic E-state index is 0.319. The van der Waals surface area contributed by atoms with Gasteiger partial charge < -0.3 is 14.6 Å². The Hall–Kier alpha value is -2.66. The molecule has 25 heavy (non-hydrogen) atoms. The largest absolute Gasteiger partial charge is 0.492 e. The lowest BCUT2D eigenvalue weighted by Gasteiger charge is -2.10. The molecule has 0 aliphatic rings. The Morgan fingerprint density at radius 1 is 1.08 bits per heavy atom. The summed E-state index contributed by atoms with van der Waals surface area (Å²) in [6.07, 6.45) is 1.34. The molecule has 0 aliphatic heterocycles. The quantitative estimate of drug-likeness (QED) is 0.681. The molecule has 0 aliphatic carbocycles. The molecule has 1 heterocycles. The number of benzene rings is 2. The van der Waals surface area contributed by atoms with E-state index in [4.69, 9.17) is 9.26 Å². The van der Waals surface area contributed by atoms with Gasteiger partial charge in [-0.15, -0.1) is 0 Å². The van der Waals surface area contributed by atoms with E-state index in [0.29, 0.717) is 25.0 Å². The highest BCUT2D eigenvalue weighted by molar-refractivity contribution is 5.70. The summed E-state index contributed by atoms with van der Waals surface area (Å²) >= 11 is 0. The maximum atomic E-state index is 5.97. The maximum absolute atomic E-state index is 5.97. The van der Waals surface area contributed by atoms with E-state index in [-0.39, 0.29) is 0 Å². The van der Waals surface area contributed by atoms with Gasteiger partial charge in [-0.25, -0.2) is 0 Å². The molecule has 0 saturated heterocycles. The van der Waals surface area contributed by atoms with Crippen LogP contribution in [0.5, 0.6) is 5.75 Å². The van der Waals surface area contributed by atoms with Crippen molar-refractivity contribution in [3.63, 3.8) is 0 Å². The molecule has 5 nitrogen and oxygen atoms in total. The molecule has 5 heteroatoms. The second kappa shape index (κ2) is 8.44. The molecule has 0 bridgehead atoms. The number of rotatable bonds is 8. The topological polar surface area (TPSA) is 60.2 Å². The molecule has 1 atom stereocenters. The van der Waals surface area contributed by atoms with Gasteiger partial charge in [0.1, 0.15) is 5.75 Å². The molecular weight excluding hydrogens is 314 g/mol. The predicted molar refractivity (Wildman–Crippen MR) is 97.6 cm³/mol. The lowest BCUT2D eigenvalue weighted by Crippen LogP contribution is -2.24. The van der Waals surface area contributed by atoms with Crippen molar-refractivity contribution in [2.24, 2.45) is 0 Å². The first kappa shape index (κ1) is 17.2. The highest BCUT2D eigenvalue weighted by Crippen LogP contribution is 2.29. The number of nitrogens with one attached hydrogen (secondary N) is 1. The van der Waals surface area contributed by atoms with Crippen LogP contribution in [-0.2, 0) is 12.8 Å². The van der Waals surface area contributed by atoms with Crippen molar-refractivity contribution < 1.29 is 9.26 Å². The first-order valence-electron chi connectivity index (χ1n) is 8.52. The molecule has 0 saturated carbocycles. The molecule has 3 rings (SSSR count). The molecule has 0 spiro atoms. The molecule has 1 aromatic heterocycles. The highest BCUT2D eigenvalue weighted by Gasteiger charge is 2.10. The smallest absolute Gasteiger partial charge is 0.230 e. The van der Waals surface area contributed by atoms with Crippen molar-refractivity contribution in [2.45, 2.75) is 25.8 Å². The van der Waals surface area contributed by atoms with Crippen molar-refractivity contribution in [3.05, 3.63) is 66.3 Å². The average molecular weight is 337 g/mol. The van der Waals surface area contributed by atoms with Crippen molar-refractivity contribution >= 4 is 0 Å². The molecule has 0 fully saturated rings. The van der Waals surface area contributed by atoms with Gasteiger partial charge >= 0.3 is 0 Å². The van der Waals surface area contributed by atoms with E-state index < -0.39 is 0 Å². The molecule has 1 N–H and O–H groups in total. The molecule has 3 aromatic rings. The molecule has 130 valence electrons. The summed E-state index contributed by atoms with van der Waals surface area (Å²) in [7, 11) is 1.92. The van der Waals surface area contributed by atoms with E-state index in [1.807, 2.05) is 43.4 Å². The number of hydrogen-bond donors (Lipinski definition) is 1. The normalized spacial score (nSPS) is 12.1. The summed E-state index contributed by atoms with van der Waals surface area (Å²) in [4.78, 5) is 4.41. The van der Waals surface area contributed by atoms with Gasteiger partial charge in [0.05, 0.1) is 13.0 Å². The third kappa shape index (κ3) is 4.67. The SMILES string of the molecule is CNC(C)Cc1noc(CCOc2ccccc2-c2ccccc2)n1. The summed E-state index contributed by atoms with van der Waals surface area (Å²) in [5, 5.41) is 7.18. The van der Waals surface area contributed by atoms with Gasteiger partial charge in [-0.05, 0) is 25.6 Å². The third-order valence-corrected chi connectivity index (χ3v) is 4.04. The van der Waals surface area contributed by atoms with Crippen LogP contribution in [0, 0.1) is 0 Å². The summed E-state index contributed by atoms with van der Waals surface area (Å²) in [6, 6.07) is 18.6. The van der Waals surface area contributed by atoms with E-state index >= 15 is 0 Å². The standard InChI is InChI=1S/C20H23N3O2/c1-15(21-2)14-19-22-20(25-23-19)12-13-24-18-11-7-6-10-17(18)16-8-4-3-5-9-16/h3-11,15,21H,12-14H2,1-2H3. The van der Waals surface area contributed by atoms with Crippen molar-refractivity contribution in [3.8, 4) is 16.9 Å². The first-order valence-corrected chi connectivity index (χ1v) is 8.52. The van der Waals surface area contributed by atoms with Crippen LogP contribution in [0.3, 0.4) is 0 Å². The fourth-order valence-corrected chi connectivity index (χ4v) is 2.55. The van der Waals surface area contributed by atoms with Crippen molar-refractivity contribution in [2.75, 3.05) is 13.7 Å². The number of aromatic nitrogens is 2. The third-order valence-electron chi connectivity index (χ3n) is 4.04. The minimum Gasteiger partial charge on any atom is -0.492 e. The van der Waals surface area contributed by atoms with Crippen molar-refractivity contribution in [1.82, 2.24) is 15.5 Å². The van der Waals surface area contributed by atoms with Crippen LogP contribution in [0.15, 0.2) is 59.1 Å².